The van der Waals surface area contributed by atoms with Crippen LogP contribution in [-0.2, 0) is 16.1 Å². The Labute approximate surface area is 126 Å². The molecule has 0 aromatic carbocycles. The zero-order valence-corrected chi connectivity index (χ0v) is 12.9. The van der Waals surface area contributed by atoms with Crippen molar-refractivity contribution in [3.05, 3.63) is 16.1 Å². The normalized spacial score (nSPS) is 21.2. The van der Waals surface area contributed by atoms with E-state index in [0.29, 0.717) is 25.9 Å². The van der Waals surface area contributed by atoms with Gasteiger partial charge in [-0.15, -0.1) is 11.3 Å². The molecule has 0 saturated carbocycles. The Balaban J connectivity index is 1.74. The average Bonchev–Trinajstić information content (AvgIpc) is 3.06. The molecule has 21 heavy (non-hydrogen) atoms. The highest BCUT2D eigenvalue weighted by atomic mass is 32.1. The van der Waals surface area contributed by atoms with Crippen LogP contribution in [0.2, 0.25) is 0 Å². The second-order valence-electron chi connectivity index (χ2n) is 5.07. The summed E-state index contributed by atoms with van der Waals surface area (Å²) in [4.78, 5) is 29.5. The number of rotatable bonds is 5. The summed E-state index contributed by atoms with van der Waals surface area (Å²) in [6.45, 7) is 2.75. The van der Waals surface area contributed by atoms with E-state index in [9.17, 15) is 9.59 Å². The van der Waals surface area contributed by atoms with Crippen LogP contribution in [0.4, 0.5) is 4.79 Å². The van der Waals surface area contributed by atoms with Crippen LogP contribution < -0.4 is 5.32 Å². The van der Waals surface area contributed by atoms with Crippen LogP contribution in [-0.4, -0.2) is 52.8 Å². The number of aromatic nitrogens is 1. The number of carboxylic acids is 1. The van der Waals surface area contributed by atoms with E-state index in [1.807, 2.05) is 6.92 Å². The first-order chi connectivity index (χ1) is 9.97. The van der Waals surface area contributed by atoms with Gasteiger partial charge in [-0.1, -0.05) is 0 Å². The van der Waals surface area contributed by atoms with Gasteiger partial charge >= 0.3 is 12.0 Å². The molecular weight excluding hydrogens is 294 g/mol. The van der Waals surface area contributed by atoms with E-state index in [4.69, 9.17) is 9.84 Å². The van der Waals surface area contributed by atoms with Gasteiger partial charge in [0, 0.05) is 18.5 Å². The van der Waals surface area contributed by atoms with Gasteiger partial charge < -0.3 is 20.1 Å². The van der Waals surface area contributed by atoms with E-state index >= 15 is 0 Å². The third-order valence-corrected chi connectivity index (χ3v) is 4.36. The van der Waals surface area contributed by atoms with Gasteiger partial charge in [0.25, 0.3) is 0 Å². The highest BCUT2D eigenvalue weighted by Gasteiger charge is 2.30. The molecule has 1 aliphatic heterocycles. The number of aryl methyl sites for hydroxylation is 1. The molecule has 1 fully saturated rings. The number of urea groups is 1. The van der Waals surface area contributed by atoms with Crippen molar-refractivity contribution in [2.45, 2.75) is 38.5 Å². The first-order valence-corrected chi connectivity index (χ1v) is 7.61. The lowest BCUT2D eigenvalue weighted by molar-refractivity contribution is -0.149. The smallest absolute Gasteiger partial charge is 0.332 e. The van der Waals surface area contributed by atoms with Crippen molar-refractivity contribution in [2.75, 3.05) is 13.6 Å². The minimum Gasteiger partial charge on any atom is -0.479 e. The summed E-state index contributed by atoms with van der Waals surface area (Å²) in [5.41, 5.74) is 2.69. The van der Waals surface area contributed by atoms with Gasteiger partial charge in [0.1, 0.15) is 0 Å². The predicted molar refractivity (Wildman–Crippen MR) is 77.2 cm³/mol. The van der Waals surface area contributed by atoms with Crippen molar-refractivity contribution < 1.29 is 19.4 Å². The highest BCUT2D eigenvalue weighted by Crippen LogP contribution is 2.19. The van der Waals surface area contributed by atoms with Crippen LogP contribution in [0.5, 0.6) is 0 Å². The summed E-state index contributed by atoms with van der Waals surface area (Å²) in [6.07, 6.45) is 0.166. The first kappa shape index (κ1) is 15.7. The van der Waals surface area contributed by atoms with Crippen molar-refractivity contribution in [1.82, 2.24) is 15.2 Å². The minimum absolute atomic E-state index is 0.204. The molecule has 2 amide bonds. The highest BCUT2D eigenvalue weighted by molar-refractivity contribution is 7.09. The van der Waals surface area contributed by atoms with E-state index in [1.54, 1.807) is 17.5 Å². The second kappa shape index (κ2) is 6.86. The molecule has 116 valence electrons. The number of nitrogens with zero attached hydrogens (tertiary/aromatic N) is 2. The van der Waals surface area contributed by atoms with Crippen LogP contribution in [0.25, 0.3) is 0 Å². The number of carbonyl (C=O) groups excluding carboxylic acids is 1. The number of hydrogen-bond donors (Lipinski definition) is 2. The van der Waals surface area contributed by atoms with Crippen molar-refractivity contribution in [3.63, 3.8) is 0 Å². The van der Waals surface area contributed by atoms with Crippen LogP contribution in [0, 0.1) is 6.92 Å². The van der Waals surface area contributed by atoms with Crippen LogP contribution >= 0.6 is 11.3 Å². The number of ether oxygens (including phenoxy) is 1. The number of carbonyl (C=O) groups is 2. The van der Waals surface area contributed by atoms with E-state index in [2.05, 4.69) is 10.3 Å². The molecule has 0 radical (unpaired) electrons. The summed E-state index contributed by atoms with van der Waals surface area (Å²) < 4.78 is 5.34. The molecule has 2 heterocycles. The van der Waals surface area contributed by atoms with Crippen molar-refractivity contribution in [1.29, 1.82) is 0 Å². The monoisotopic (exact) mass is 313 g/mol. The van der Waals surface area contributed by atoms with Crippen LogP contribution in [0.1, 0.15) is 23.4 Å². The minimum atomic E-state index is -0.943. The summed E-state index contributed by atoms with van der Waals surface area (Å²) in [5, 5.41) is 11.6. The molecular formula is C13H19N3O4S. The van der Waals surface area contributed by atoms with Gasteiger partial charge in [-0.25, -0.2) is 14.6 Å². The number of hydrogen-bond acceptors (Lipinski definition) is 5. The molecule has 7 nitrogen and oxygen atoms in total. The Morgan fingerprint density at radius 3 is 2.90 bits per heavy atom. The fourth-order valence-corrected chi connectivity index (χ4v) is 2.97. The maximum Gasteiger partial charge on any atom is 0.332 e. The van der Waals surface area contributed by atoms with Crippen molar-refractivity contribution in [3.8, 4) is 0 Å². The third kappa shape index (κ3) is 4.15. The largest absolute Gasteiger partial charge is 0.479 e. The van der Waals surface area contributed by atoms with Gasteiger partial charge in [-0.05, 0) is 19.8 Å². The van der Waals surface area contributed by atoms with E-state index in [0.717, 1.165) is 10.6 Å². The van der Waals surface area contributed by atoms with Crippen molar-refractivity contribution in [2.24, 2.45) is 0 Å². The van der Waals surface area contributed by atoms with E-state index < -0.39 is 12.1 Å². The van der Waals surface area contributed by atoms with Gasteiger partial charge in [0.2, 0.25) is 0 Å². The lowest BCUT2D eigenvalue weighted by atomic mass is 10.2. The van der Waals surface area contributed by atoms with Crippen LogP contribution in [0.3, 0.4) is 0 Å². The molecule has 1 saturated heterocycles. The molecule has 2 N–H and O–H groups in total. The van der Waals surface area contributed by atoms with Gasteiger partial charge in [-0.3, -0.25) is 0 Å². The zero-order valence-electron chi connectivity index (χ0n) is 12.0. The molecule has 2 rings (SSSR count). The molecule has 8 heteroatoms. The quantitative estimate of drug-likeness (QED) is 0.853. The SMILES string of the molecule is Cc1ncsc1CN(C)C(=O)NCC1CCC(C(=O)O)O1. The number of thiazole rings is 1. The molecule has 0 bridgehead atoms. The number of amides is 2. The third-order valence-electron chi connectivity index (χ3n) is 3.44. The van der Waals surface area contributed by atoms with Crippen LogP contribution in [0.15, 0.2) is 5.51 Å². The number of nitrogens with one attached hydrogen (secondary N) is 1. The average molecular weight is 313 g/mol. The van der Waals surface area contributed by atoms with E-state index in [1.165, 1.54) is 11.3 Å². The topological polar surface area (TPSA) is 91.8 Å². The lowest BCUT2D eigenvalue weighted by Crippen LogP contribution is -2.40. The standard InChI is InChI=1S/C13H19N3O4S/c1-8-11(21-7-15-8)6-16(2)13(19)14-5-9-3-4-10(20-9)12(17)18/h7,9-10H,3-6H2,1-2H3,(H,14,19)(H,17,18). The first-order valence-electron chi connectivity index (χ1n) is 6.73. The molecule has 0 aliphatic carbocycles. The summed E-state index contributed by atoms with van der Waals surface area (Å²) in [5.74, 6) is -0.943. The molecule has 1 aromatic heterocycles. The maximum atomic E-state index is 12.0. The van der Waals surface area contributed by atoms with Crippen molar-refractivity contribution >= 4 is 23.3 Å². The second-order valence-corrected chi connectivity index (χ2v) is 6.00. The Morgan fingerprint density at radius 2 is 2.33 bits per heavy atom. The van der Waals surface area contributed by atoms with Gasteiger partial charge in [-0.2, -0.15) is 0 Å². The molecule has 1 aliphatic rings. The Morgan fingerprint density at radius 1 is 1.57 bits per heavy atom. The fourth-order valence-electron chi connectivity index (χ4n) is 2.14. The number of aliphatic carboxylic acids is 1. The molecule has 1 aromatic rings. The number of carboxylic acid groups (broad SMARTS) is 1. The van der Waals surface area contributed by atoms with E-state index in [-0.39, 0.29) is 12.1 Å². The van der Waals surface area contributed by atoms with Gasteiger partial charge in [0.05, 0.1) is 23.9 Å². The molecule has 2 unspecified atom stereocenters. The zero-order chi connectivity index (χ0) is 15.4. The summed E-state index contributed by atoms with van der Waals surface area (Å²) >= 11 is 1.52. The Hall–Kier alpha value is -1.67. The lowest BCUT2D eigenvalue weighted by Gasteiger charge is -2.19. The fraction of sp³-hybridized carbons (Fsp3) is 0.615. The molecule has 2 atom stereocenters. The Bertz CT molecular complexity index is 519. The van der Waals surface area contributed by atoms with Gasteiger partial charge in [0.15, 0.2) is 6.10 Å². The Kier molecular flexibility index (Phi) is 5.13. The summed E-state index contributed by atoms with van der Waals surface area (Å²) in [7, 11) is 1.71. The predicted octanol–water partition coefficient (Wildman–Crippen LogP) is 1.23. The molecule has 0 spiro atoms. The maximum absolute atomic E-state index is 12.0. The summed E-state index contributed by atoms with van der Waals surface area (Å²) in [6, 6.07) is -0.204.